The zero-order valence-electron chi connectivity index (χ0n) is 12.1. The smallest absolute Gasteiger partial charge is 0.328 e. The first-order valence-electron chi connectivity index (χ1n) is 7.12. The van der Waals surface area contributed by atoms with Crippen LogP contribution in [0.1, 0.15) is 24.5 Å². The minimum absolute atomic E-state index is 0.0716. The highest BCUT2D eigenvalue weighted by molar-refractivity contribution is 5.85. The Hall–Kier alpha value is -2.14. The number of carboxylic acids is 1. The van der Waals surface area contributed by atoms with E-state index in [4.69, 9.17) is 5.11 Å². The van der Waals surface area contributed by atoms with Crippen LogP contribution < -0.4 is 5.32 Å². The summed E-state index contributed by atoms with van der Waals surface area (Å²) >= 11 is 0. The van der Waals surface area contributed by atoms with Crippen molar-refractivity contribution in [1.29, 1.82) is 0 Å². The van der Waals surface area contributed by atoms with E-state index in [1.807, 2.05) is 31.2 Å². The summed E-state index contributed by atoms with van der Waals surface area (Å²) in [4.78, 5) is 24.7. The number of piperazine rings is 1. The van der Waals surface area contributed by atoms with Gasteiger partial charge in [0.05, 0.1) is 6.04 Å². The normalized spacial score (nSPS) is 19.7. The average Bonchev–Trinajstić information content (AvgIpc) is 2.46. The van der Waals surface area contributed by atoms with Gasteiger partial charge in [-0.05, 0) is 23.6 Å². The largest absolute Gasteiger partial charge is 0.478 e. The molecule has 5 nitrogen and oxygen atoms in total. The number of rotatable bonds is 5. The van der Waals surface area contributed by atoms with Crippen LogP contribution in [-0.2, 0) is 16.1 Å². The lowest BCUT2D eigenvalue weighted by molar-refractivity contribution is -0.131. The monoisotopic (exact) mass is 288 g/mol. The van der Waals surface area contributed by atoms with Crippen LogP contribution in [-0.4, -0.2) is 41.0 Å². The molecule has 1 fully saturated rings. The number of amides is 1. The van der Waals surface area contributed by atoms with Crippen molar-refractivity contribution in [3.63, 3.8) is 0 Å². The number of carbonyl (C=O) groups excluding carboxylic acids is 1. The van der Waals surface area contributed by atoms with Gasteiger partial charge in [0, 0.05) is 25.7 Å². The summed E-state index contributed by atoms with van der Waals surface area (Å²) in [5.74, 6) is -0.893. The second-order valence-electron chi connectivity index (χ2n) is 5.06. The second kappa shape index (κ2) is 7.04. The van der Waals surface area contributed by atoms with Gasteiger partial charge in [-0.25, -0.2) is 4.79 Å². The predicted molar refractivity (Wildman–Crippen MR) is 80.6 cm³/mol. The molecule has 0 aromatic heterocycles. The molecule has 5 heteroatoms. The highest BCUT2D eigenvalue weighted by atomic mass is 16.4. The van der Waals surface area contributed by atoms with Crippen LogP contribution >= 0.6 is 0 Å². The molecule has 21 heavy (non-hydrogen) atoms. The second-order valence-corrected chi connectivity index (χ2v) is 5.06. The Labute approximate surface area is 124 Å². The van der Waals surface area contributed by atoms with Crippen molar-refractivity contribution in [2.75, 3.05) is 13.1 Å². The SMILES string of the molecule is CCC1C(=O)NCCN1Cc1ccccc1C=CC(=O)O. The number of hydrogen-bond donors (Lipinski definition) is 2. The van der Waals surface area contributed by atoms with E-state index in [1.54, 1.807) is 6.08 Å². The van der Waals surface area contributed by atoms with E-state index in [-0.39, 0.29) is 11.9 Å². The number of hydrogen-bond acceptors (Lipinski definition) is 3. The van der Waals surface area contributed by atoms with Crippen molar-refractivity contribution in [2.45, 2.75) is 25.9 Å². The van der Waals surface area contributed by atoms with E-state index < -0.39 is 5.97 Å². The fourth-order valence-corrected chi connectivity index (χ4v) is 2.62. The van der Waals surface area contributed by atoms with Crippen LogP contribution in [0.15, 0.2) is 30.3 Å². The van der Waals surface area contributed by atoms with Crippen LogP contribution in [0.4, 0.5) is 0 Å². The maximum atomic E-state index is 11.9. The molecule has 0 aliphatic carbocycles. The van der Waals surface area contributed by atoms with E-state index in [1.165, 1.54) is 0 Å². The van der Waals surface area contributed by atoms with Gasteiger partial charge >= 0.3 is 5.97 Å². The van der Waals surface area contributed by atoms with Crippen molar-refractivity contribution in [3.05, 3.63) is 41.5 Å². The van der Waals surface area contributed by atoms with Gasteiger partial charge in [0.1, 0.15) is 0 Å². The molecule has 1 aliphatic rings. The summed E-state index contributed by atoms with van der Waals surface area (Å²) in [6.45, 7) is 4.11. The van der Waals surface area contributed by atoms with Gasteiger partial charge in [0.2, 0.25) is 5.91 Å². The molecule has 1 aromatic carbocycles. The van der Waals surface area contributed by atoms with E-state index in [9.17, 15) is 9.59 Å². The van der Waals surface area contributed by atoms with E-state index in [2.05, 4.69) is 10.2 Å². The average molecular weight is 288 g/mol. The predicted octanol–water partition coefficient (Wildman–Crippen LogP) is 1.49. The third-order valence-electron chi connectivity index (χ3n) is 3.66. The fourth-order valence-electron chi connectivity index (χ4n) is 2.62. The molecule has 1 heterocycles. The van der Waals surface area contributed by atoms with Gasteiger partial charge in [0.15, 0.2) is 0 Å². The van der Waals surface area contributed by atoms with Gasteiger partial charge < -0.3 is 10.4 Å². The number of carbonyl (C=O) groups is 2. The number of nitrogens with one attached hydrogen (secondary N) is 1. The molecule has 0 saturated carbocycles. The maximum Gasteiger partial charge on any atom is 0.328 e. The molecule has 1 saturated heterocycles. The molecular formula is C16H20N2O3. The first-order valence-corrected chi connectivity index (χ1v) is 7.12. The summed E-state index contributed by atoms with van der Waals surface area (Å²) in [7, 11) is 0. The lowest BCUT2D eigenvalue weighted by Gasteiger charge is -2.34. The summed E-state index contributed by atoms with van der Waals surface area (Å²) in [5, 5.41) is 11.6. The highest BCUT2D eigenvalue weighted by Crippen LogP contribution is 2.17. The van der Waals surface area contributed by atoms with E-state index in [0.717, 1.165) is 30.2 Å². The minimum atomic E-state index is -0.964. The Kier molecular flexibility index (Phi) is 5.11. The van der Waals surface area contributed by atoms with Gasteiger partial charge in [-0.1, -0.05) is 31.2 Å². The van der Waals surface area contributed by atoms with Crippen LogP contribution in [0, 0.1) is 0 Å². The summed E-state index contributed by atoms with van der Waals surface area (Å²) in [5.41, 5.74) is 1.91. The van der Waals surface area contributed by atoms with Crippen molar-refractivity contribution >= 4 is 18.0 Å². The topological polar surface area (TPSA) is 69.6 Å². The van der Waals surface area contributed by atoms with Gasteiger partial charge in [0.25, 0.3) is 0 Å². The van der Waals surface area contributed by atoms with Crippen molar-refractivity contribution in [3.8, 4) is 0 Å². The standard InChI is InChI=1S/C16H20N2O3/c1-2-14-16(21)17-9-10-18(14)11-13-6-4-3-5-12(13)7-8-15(19)20/h3-8,14H,2,9-11H2,1H3,(H,17,21)(H,19,20). The molecule has 1 unspecified atom stereocenters. The molecular weight excluding hydrogens is 268 g/mol. The molecule has 0 radical (unpaired) electrons. The molecule has 1 aliphatic heterocycles. The maximum absolute atomic E-state index is 11.9. The Balaban J connectivity index is 2.18. The quantitative estimate of drug-likeness (QED) is 0.806. The van der Waals surface area contributed by atoms with Crippen molar-refractivity contribution in [1.82, 2.24) is 10.2 Å². The summed E-state index contributed by atoms with van der Waals surface area (Å²) < 4.78 is 0. The van der Waals surface area contributed by atoms with Gasteiger partial charge in [-0.15, -0.1) is 0 Å². The van der Waals surface area contributed by atoms with Gasteiger partial charge in [-0.3, -0.25) is 9.69 Å². The number of carboxylic acid groups (broad SMARTS) is 1. The summed E-state index contributed by atoms with van der Waals surface area (Å²) in [6.07, 6.45) is 3.50. The minimum Gasteiger partial charge on any atom is -0.478 e. The third kappa shape index (κ3) is 3.92. The molecule has 2 rings (SSSR count). The Morgan fingerprint density at radius 2 is 2.24 bits per heavy atom. The van der Waals surface area contributed by atoms with Crippen LogP contribution in [0.2, 0.25) is 0 Å². The summed E-state index contributed by atoms with van der Waals surface area (Å²) in [6, 6.07) is 7.56. The molecule has 2 N–H and O–H groups in total. The van der Waals surface area contributed by atoms with E-state index in [0.29, 0.717) is 13.1 Å². The first kappa shape index (κ1) is 15.3. The van der Waals surface area contributed by atoms with Crippen molar-refractivity contribution < 1.29 is 14.7 Å². The zero-order chi connectivity index (χ0) is 15.2. The molecule has 112 valence electrons. The molecule has 0 bridgehead atoms. The number of benzene rings is 1. The van der Waals surface area contributed by atoms with Crippen LogP contribution in [0.25, 0.3) is 6.08 Å². The Morgan fingerprint density at radius 3 is 2.95 bits per heavy atom. The zero-order valence-corrected chi connectivity index (χ0v) is 12.1. The molecule has 1 atom stereocenters. The highest BCUT2D eigenvalue weighted by Gasteiger charge is 2.28. The lowest BCUT2D eigenvalue weighted by Crippen LogP contribution is -2.54. The van der Waals surface area contributed by atoms with Crippen molar-refractivity contribution in [2.24, 2.45) is 0 Å². The molecule has 0 spiro atoms. The Bertz CT molecular complexity index is 554. The van der Waals surface area contributed by atoms with E-state index >= 15 is 0 Å². The molecule has 1 aromatic rings. The molecule has 1 amide bonds. The number of nitrogens with zero attached hydrogens (tertiary/aromatic N) is 1. The van der Waals surface area contributed by atoms with Gasteiger partial charge in [-0.2, -0.15) is 0 Å². The Morgan fingerprint density at radius 1 is 1.48 bits per heavy atom. The first-order chi connectivity index (χ1) is 10.1. The van der Waals surface area contributed by atoms with Crippen LogP contribution in [0.5, 0.6) is 0 Å². The third-order valence-corrected chi connectivity index (χ3v) is 3.66. The van der Waals surface area contributed by atoms with Crippen LogP contribution in [0.3, 0.4) is 0 Å². The number of aliphatic carboxylic acids is 1. The fraction of sp³-hybridized carbons (Fsp3) is 0.375. The lowest BCUT2D eigenvalue weighted by atomic mass is 10.0.